The van der Waals surface area contributed by atoms with E-state index in [0.717, 1.165) is 59.0 Å². The number of phenolic OH excluding ortho intramolecular Hbond substituents is 1. The zero-order chi connectivity index (χ0) is 21.4. The Morgan fingerprint density at radius 3 is 2.47 bits per heavy atom. The van der Waals surface area contributed by atoms with Crippen molar-refractivity contribution < 1.29 is 9.84 Å². The topological polar surface area (TPSA) is 83.9 Å². The van der Waals surface area contributed by atoms with Crippen LogP contribution in [0.25, 0.3) is 0 Å². The number of benzene rings is 2. The molecule has 6 nitrogen and oxygen atoms in total. The fourth-order valence-corrected chi connectivity index (χ4v) is 4.20. The quantitative estimate of drug-likeness (QED) is 0.320. The van der Waals surface area contributed by atoms with Gasteiger partial charge in [-0.2, -0.15) is 5.21 Å². The van der Waals surface area contributed by atoms with E-state index in [1.807, 2.05) is 36.4 Å². The second-order valence-corrected chi connectivity index (χ2v) is 9.09. The minimum atomic E-state index is -0.0821. The van der Waals surface area contributed by atoms with Gasteiger partial charge in [0.1, 0.15) is 11.5 Å². The van der Waals surface area contributed by atoms with Gasteiger partial charge in [0.2, 0.25) is 0 Å². The van der Waals surface area contributed by atoms with Crippen LogP contribution in [0.4, 0.5) is 0 Å². The van der Waals surface area contributed by atoms with Gasteiger partial charge in [-0.3, -0.25) is 0 Å². The zero-order valence-corrected chi connectivity index (χ0v) is 18.7. The first-order chi connectivity index (χ1) is 14.5. The van der Waals surface area contributed by atoms with Gasteiger partial charge < -0.3 is 9.84 Å². The Kier molecular flexibility index (Phi) is 13.5. The average molecular weight is 475 g/mol. The normalized spacial score (nSPS) is 10.8. The summed E-state index contributed by atoms with van der Waals surface area (Å²) in [6, 6.07) is 13.9. The van der Waals surface area contributed by atoms with Crippen LogP contribution >= 0.6 is 11.8 Å². The number of aromatic amines is 1. The number of H-pyrrole nitrogens is 1. The Bertz CT molecular complexity index is 925. The molecule has 0 bridgehead atoms. The van der Waals surface area contributed by atoms with Crippen LogP contribution in [-0.2, 0) is 11.8 Å². The molecule has 1 aromatic heterocycles. The molecule has 3 rings (SSSR count). The van der Waals surface area contributed by atoms with Crippen molar-refractivity contribution in [3.8, 4) is 11.5 Å². The maximum atomic E-state index is 10.5. The van der Waals surface area contributed by atoms with Crippen LogP contribution < -0.4 is 4.74 Å². The number of hydrogen-bond donors (Lipinski definition) is 2. The van der Waals surface area contributed by atoms with Crippen molar-refractivity contribution in [1.29, 1.82) is 0 Å². The van der Waals surface area contributed by atoms with Crippen LogP contribution in [0.1, 0.15) is 57.8 Å². The Labute approximate surface area is 239 Å². The molecule has 164 valence electrons. The van der Waals surface area contributed by atoms with E-state index >= 15 is 0 Å². The molecule has 1 heterocycles. The monoisotopic (exact) mass is 474 g/mol. The molecule has 0 aliphatic heterocycles. The first-order valence-electron chi connectivity index (χ1n) is 10.4. The summed E-state index contributed by atoms with van der Waals surface area (Å²) < 4.78 is 6.01. The SMILES string of the molecule is CCc1cc(Sc2ccccc2)c(O)cc1OCCCCCC(C)(C)c1nn[nH]n1.[NaH].[NaH]. The van der Waals surface area contributed by atoms with E-state index in [2.05, 4.69) is 41.4 Å². The summed E-state index contributed by atoms with van der Waals surface area (Å²) in [7, 11) is 0. The van der Waals surface area contributed by atoms with Crippen LogP contribution in [0, 0.1) is 0 Å². The predicted molar refractivity (Wildman–Crippen MR) is 134 cm³/mol. The van der Waals surface area contributed by atoms with Crippen LogP contribution in [-0.4, -0.2) is 91.5 Å². The van der Waals surface area contributed by atoms with Gasteiger partial charge >= 0.3 is 59.1 Å². The fourth-order valence-electron chi connectivity index (χ4n) is 3.29. The number of nitrogens with zero attached hydrogens (tertiary/aromatic N) is 3. The average Bonchev–Trinajstić information content (AvgIpc) is 3.29. The summed E-state index contributed by atoms with van der Waals surface area (Å²) in [5, 5.41) is 24.9. The minimum absolute atomic E-state index is 0. The third-order valence-electron chi connectivity index (χ3n) is 5.15. The van der Waals surface area contributed by atoms with Gasteiger partial charge in [0.25, 0.3) is 0 Å². The van der Waals surface area contributed by atoms with E-state index in [4.69, 9.17) is 4.74 Å². The number of tetrazole rings is 1. The third kappa shape index (κ3) is 8.67. The van der Waals surface area contributed by atoms with E-state index in [9.17, 15) is 5.11 Å². The maximum absolute atomic E-state index is 10.5. The van der Waals surface area contributed by atoms with Crippen LogP contribution in [0.2, 0.25) is 0 Å². The number of nitrogens with one attached hydrogen (secondary N) is 1. The van der Waals surface area contributed by atoms with Crippen molar-refractivity contribution in [2.75, 3.05) is 6.61 Å². The number of phenols is 1. The number of hydrogen-bond acceptors (Lipinski definition) is 6. The Morgan fingerprint density at radius 1 is 1.06 bits per heavy atom. The molecule has 0 fully saturated rings. The van der Waals surface area contributed by atoms with E-state index in [1.54, 1.807) is 17.8 Å². The molecule has 2 N–H and O–H groups in total. The van der Waals surface area contributed by atoms with E-state index in [-0.39, 0.29) is 70.3 Å². The molecule has 0 aliphatic rings. The number of aryl methyl sites for hydroxylation is 1. The number of aromatic hydroxyl groups is 1. The summed E-state index contributed by atoms with van der Waals surface area (Å²) in [6.45, 7) is 7.02. The molecule has 9 heteroatoms. The standard InChI is InChI=1S/C23H30N4O2S.2Na.2H/c1-4-17-15-21(30-18-11-7-5-8-12-18)19(28)16-20(17)29-14-10-6-9-13-23(2,3)22-24-26-27-25-22;;;;/h5,7-8,11-12,15-16,28H,4,6,9-10,13-14H2,1-3H3,(H,24,25,26,27);;;;. The summed E-state index contributed by atoms with van der Waals surface area (Å²) in [4.78, 5) is 1.96. The van der Waals surface area contributed by atoms with Gasteiger partial charge in [-0.1, -0.05) is 68.8 Å². The zero-order valence-electron chi connectivity index (χ0n) is 17.9. The van der Waals surface area contributed by atoms with E-state index < -0.39 is 0 Å². The van der Waals surface area contributed by atoms with Gasteiger partial charge in [0.15, 0.2) is 5.82 Å². The van der Waals surface area contributed by atoms with Gasteiger partial charge in [0.05, 0.1) is 11.5 Å². The van der Waals surface area contributed by atoms with Gasteiger partial charge in [-0.25, -0.2) is 0 Å². The number of aromatic nitrogens is 4. The molecule has 32 heavy (non-hydrogen) atoms. The molecule has 0 atom stereocenters. The van der Waals surface area contributed by atoms with Gasteiger partial charge in [-0.05, 0) is 43.0 Å². The van der Waals surface area contributed by atoms with Crippen molar-refractivity contribution in [3.05, 3.63) is 53.9 Å². The van der Waals surface area contributed by atoms with Crippen LogP contribution in [0.15, 0.2) is 52.3 Å². The van der Waals surface area contributed by atoms with Crippen molar-refractivity contribution in [3.63, 3.8) is 0 Å². The molecule has 0 unspecified atom stereocenters. The molecule has 0 saturated carbocycles. The number of rotatable bonds is 11. The molecular formula is C23H32N4Na2O2S. The number of unbranched alkanes of at least 4 members (excludes halogenated alkanes) is 2. The Morgan fingerprint density at radius 2 is 1.81 bits per heavy atom. The van der Waals surface area contributed by atoms with Crippen molar-refractivity contribution in [1.82, 2.24) is 20.6 Å². The van der Waals surface area contributed by atoms with E-state index in [0.29, 0.717) is 6.61 Å². The van der Waals surface area contributed by atoms with Gasteiger partial charge in [-0.15, -0.1) is 10.2 Å². The summed E-state index contributed by atoms with van der Waals surface area (Å²) in [5.74, 6) is 1.80. The fraction of sp³-hybridized carbons (Fsp3) is 0.435. The first-order valence-corrected chi connectivity index (χ1v) is 11.3. The van der Waals surface area contributed by atoms with E-state index in [1.165, 1.54) is 0 Å². The Hall–Kier alpha value is -0.540. The molecule has 3 aromatic rings. The van der Waals surface area contributed by atoms with Crippen LogP contribution in [0.3, 0.4) is 0 Å². The second-order valence-electron chi connectivity index (χ2n) is 7.97. The van der Waals surface area contributed by atoms with Crippen molar-refractivity contribution in [2.45, 2.75) is 68.1 Å². The number of ether oxygens (including phenoxy) is 1. The van der Waals surface area contributed by atoms with Crippen LogP contribution in [0.5, 0.6) is 11.5 Å². The molecule has 0 aliphatic carbocycles. The summed E-state index contributed by atoms with van der Waals surface area (Å²) in [6.07, 6.45) is 4.96. The molecule has 0 amide bonds. The third-order valence-corrected chi connectivity index (χ3v) is 6.20. The summed E-state index contributed by atoms with van der Waals surface area (Å²) >= 11 is 1.57. The first kappa shape index (κ1) is 29.5. The van der Waals surface area contributed by atoms with Crippen molar-refractivity contribution >= 4 is 70.9 Å². The van der Waals surface area contributed by atoms with Crippen molar-refractivity contribution in [2.24, 2.45) is 0 Å². The molecule has 0 saturated heterocycles. The van der Waals surface area contributed by atoms with Gasteiger partial charge in [0, 0.05) is 16.4 Å². The molecule has 2 aromatic carbocycles. The summed E-state index contributed by atoms with van der Waals surface area (Å²) in [5.41, 5.74) is 1.03. The second kappa shape index (κ2) is 14.7. The molecule has 0 radical (unpaired) electrons. The Balaban J connectivity index is 0.00000256. The molecule has 0 spiro atoms. The predicted octanol–water partition coefficient (Wildman–Crippen LogP) is 4.24. The molecular weight excluding hydrogens is 442 g/mol.